The minimum absolute atomic E-state index is 1.01. The van der Waals surface area contributed by atoms with Crippen molar-refractivity contribution in [2.75, 3.05) is 0 Å². The van der Waals surface area contributed by atoms with Crippen molar-refractivity contribution in [3.63, 3.8) is 0 Å². The van der Waals surface area contributed by atoms with Crippen molar-refractivity contribution in [3.8, 4) is 11.4 Å². The van der Waals surface area contributed by atoms with Crippen molar-refractivity contribution in [2.45, 2.75) is 16.7 Å². The van der Waals surface area contributed by atoms with Crippen molar-refractivity contribution in [3.05, 3.63) is 75.9 Å². The molecule has 0 aliphatic rings. The molecule has 0 aliphatic carbocycles. The van der Waals surface area contributed by atoms with E-state index in [2.05, 4.69) is 102 Å². The molecule has 0 spiro atoms. The number of halogens is 1. The van der Waals surface area contributed by atoms with Crippen molar-refractivity contribution in [2.24, 2.45) is 7.05 Å². The molecule has 0 bridgehead atoms. The van der Waals surface area contributed by atoms with Gasteiger partial charge in [0, 0.05) is 26.0 Å². The summed E-state index contributed by atoms with van der Waals surface area (Å²) in [7, 11) is 2.08. The maximum absolute atomic E-state index is 4.83. The van der Waals surface area contributed by atoms with E-state index in [1.165, 1.54) is 18.9 Å². The summed E-state index contributed by atoms with van der Waals surface area (Å²) in [6.45, 7) is 2.11. The number of benzene rings is 3. The summed E-state index contributed by atoms with van der Waals surface area (Å²) in [5.41, 5.74) is 4.63. The highest BCUT2D eigenvalue weighted by Gasteiger charge is 2.11. The second-order valence-corrected chi connectivity index (χ2v) is 8.47. The second kappa shape index (κ2) is 6.84. The van der Waals surface area contributed by atoms with Gasteiger partial charge in [0.25, 0.3) is 0 Å². The zero-order valence-electron chi connectivity index (χ0n) is 14.0. The normalized spacial score (nSPS) is 11.2. The van der Waals surface area contributed by atoms with E-state index in [1.54, 1.807) is 11.8 Å². The molecule has 25 heavy (non-hydrogen) atoms. The Kier molecular flexibility index (Phi) is 4.56. The topological polar surface area (TPSA) is 17.8 Å². The van der Waals surface area contributed by atoms with Crippen molar-refractivity contribution in [1.29, 1.82) is 0 Å². The molecule has 0 aliphatic heterocycles. The number of nitrogens with zero attached hydrogens (tertiary/aromatic N) is 2. The smallest absolute Gasteiger partial charge is 0.140 e. The van der Waals surface area contributed by atoms with E-state index >= 15 is 0 Å². The third-order valence-electron chi connectivity index (χ3n) is 4.17. The Labute approximate surface area is 165 Å². The van der Waals surface area contributed by atoms with Gasteiger partial charge in [-0.05, 0) is 72.0 Å². The molecule has 0 amide bonds. The van der Waals surface area contributed by atoms with Gasteiger partial charge in [-0.1, -0.05) is 41.6 Å². The molecule has 0 fully saturated rings. The fourth-order valence-corrected chi connectivity index (χ4v) is 4.70. The van der Waals surface area contributed by atoms with Gasteiger partial charge in [0.15, 0.2) is 0 Å². The molecule has 0 unspecified atom stereocenters. The van der Waals surface area contributed by atoms with E-state index in [-0.39, 0.29) is 0 Å². The largest absolute Gasteiger partial charge is 0.327 e. The third-order valence-corrected chi connectivity index (χ3v) is 5.78. The lowest BCUT2D eigenvalue weighted by molar-refractivity contribution is 0.958. The second-order valence-electron chi connectivity index (χ2n) is 6.07. The van der Waals surface area contributed by atoms with Crippen LogP contribution in [-0.2, 0) is 7.05 Å². The number of aryl methyl sites for hydroxylation is 2. The lowest BCUT2D eigenvalue weighted by Gasteiger charge is -2.08. The Bertz CT molecular complexity index is 1050. The van der Waals surface area contributed by atoms with Gasteiger partial charge < -0.3 is 4.57 Å². The van der Waals surface area contributed by atoms with Crippen LogP contribution in [0.15, 0.2) is 76.5 Å². The molecular formula is C21H17IN2S. The van der Waals surface area contributed by atoms with Gasteiger partial charge in [0.2, 0.25) is 0 Å². The van der Waals surface area contributed by atoms with Gasteiger partial charge in [-0.25, -0.2) is 4.98 Å². The van der Waals surface area contributed by atoms with Gasteiger partial charge in [-0.3, -0.25) is 0 Å². The van der Waals surface area contributed by atoms with Crippen molar-refractivity contribution in [1.82, 2.24) is 9.55 Å². The van der Waals surface area contributed by atoms with Crippen molar-refractivity contribution >= 4 is 45.4 Å². The standard InChI is InChI=1S/C21H17IN2S/c1-14-7-9-17(10-8-14)25-18-12-15(11-16(22)13-18)21-23-19-5-3-4-6-20(19)24(21)2/h3-13H,1-2H3. The number of imidazole rings is 1. The molecule has 4 rings (SSSR count). The minimum Gasteiger partial charge on any atom is -0.327 e. The van der Waals surface area contributed by atoms with Crippen molar-refractivity contribution < 1.29 is 0 Å². The molecule has 4 heteroatoms. The lowest BCUT2D eigenvalue weighted by Crippen LogP contribution is -1.93. The number of para-hydroxylation sites is 2. The molecule has 0 saturated carbocycles. The molecule has 1 aromatic heterocycles. The van der Waals surface area contributed by atoms with Gasteiger partial charge >= 0.3 is 0 Å². The van der Waals surface area contributed by atoms with Gasteiger partial charge in [-0.2, -0.15) is 0 Å². The quantitative estimate of drug-likeness (QED) is 0.337. The SMILES string of the molecule is Cc1ccc(Sc2cc(I)cc(-c3nc4ccccc4n3C)c2)cc1. The number of hydrogen-bond donors (Lipinski definition) is 0. The van der Waals surface area contributed by atoms with Crippen LogP contribution in [0, 0.1) is 10.5 Å². The first-order chi connectivity index (χ1) is 12.1. The summed E-state index contributed by atoms with van der Waals surface area (Å²) in [5, 5.41) is 0. The Morgan fingerprint density at radius 3 is 2.44 bits per heavy atom. The maximum Gasteiger partial charge on any atom is 0.140 e. The summed E-state index contributed by atoms with van der Waals surface area (Å²) >= 11 is 4.18. The molecule has 0 atom stereocenters. The van der Waals surface area contributed by atoms with Gasteiger partial charge in [-0.15, -0.1) is 0 Å². The first kappa shape index (κ1) is 16.7. The summed E-state index contributed by atoms with van der Waals surface area (Å²) < 4.78 is 3.39. The first-order valence-electron chi connectivity index (χ1n) is 8.07. The number of hydrogen-bond acceptors (Lipinski definition) is 2. The molecule has 124 valence electrons. The molecule has 0 N–H and O–H groups in total. The van der Waals surface area contributed by atoms with Crippen LogP contribution in [0.3, 0.4) is 0 Å². The van der Waals surface area contributed by atoms with E-state index in [0.717, 1.165) is 22.4 Å². The highest BCUT2D eigenvalue weighted by Crippen LogP contribution is 2.33. The third kappa shape index (κ3) is 3.46. The summed E-state index contributed by atoms with van der Waals surface area (Å²) in [6, 6.07) is 23.6. The fourth-order valence-electron chi connectivity index (χ4n) is 2.90. The summed E-state index contributed by atoms with van der Waals surface area (Å²) in [4.78, 5) is 7.32. The predicted molar refractivity (Wildman–Crippen MR) is 114 cm³/mol. The van der Waals surface area contributed by atoms with E-state index in [0.29, 0.717) is 0 Å². The highest BCUT2D eigenvalue weighted by atomic mass is 127. The average molecular weight is 456 g/mol. The molecule has 2 nitrogen and oxygen atoms in total. The monoisotopic (exact) mass is 456 g/mol. The van der Waals surface area contributed by atoms with Crippen LogP contribution in [0.2, 0.25) is 0 Å². The van der Waals surface area contributed by atoms with Crippen LogP contribution in [0.1, 0.15) is 5.56 Å². The Morgan fingerprint density at radius 2 is 1.68 bits per heavy atom. The molecule has 4 aromatic rings. The summed E-state index contributed by atoms with van der Waals surface area (Å²) in [6.07, 6.45) is 0. The molecule has 1 heterocycles. The Hall–Kier alpha value is -1.79. The van der Waals surface area contributed by atoms with Crippen LogP contribution in [0.4, 0.5) is 0 Å². The van der Waals surface area contributed by atoms with Crippen LogP contribution in [0.25, 0.3) is 22.4 Å². The molecule has 0 saturated heterocycles. The molecule has 3 aromatic carbocycles. The zero-order chi connectivity index (χ0) is 17.4. The number of fused-ring (bicyclic) bond motifs is 1. The van der Waals surface area contributed by atoms with Crippen LogP contribution in [0.5, 0.6) is 0 Å². The van der Waals surface area contributed by atoms with Crippen LogP contribution in [-0.4, -0.2) is 9.55 Å². The van der Waals surface area contributed by atoms with E-state index in [1.807, 2.05) is 6.07 Å². The lowest BCUT2D eigenvalue weighted by atomic mass is 10.2. The predicted octanol–water partition coefficient (Wildman–Crippen LogP) is 6.30. The average Bonchev–Trinajstić information content (AvgIpc) is 2.94. The van der Waals surface area contributed by atoms with E-state index in [9.17, 15) is 0 Å². The number of rotatable bonds is 3. The van der Waals surface area contributed by atoms with Gasteiger partial charge in [0.1, 0.15) is 5.82 Å². The van der Waals surface area contributed by atoms with Crippen LogP contribution < -0.4 is 0 Å². The maximum atomic E-state index is 4.83. The van der Waals surface area contributed by atoms with Crippen LogP contribution >= 0.6 is 34.4 Å². The Balaban J connectivity index is 1.76. The highest BCUT2D eigenvalue weighted by molar-refractivity contribution is 14.1. The zero-order valence-corrected chi connectivity index (χ0v) is 17.0. The molecular weight excluding hydrogens is 439 g/mol. The fraction of sp³-hybridized carbons (Fsp3) is 0.0952. The minimum atomic E-state index is 1.01. The number of aromatic nitrogens is 2. The first-order valence-corrected chi connectivity index (χ1v) is 9.96. The molecule has 0 radical (unpaired) electrons. The summed E-state index contributed by atoms with van der Waals surface area (Å²) in [5.74, 6) is 1.01. The van der Waals surface area contributed by atoms with E-state index in [4.69, 9.17) is 4.98 Å². The van der Waals surface area contributed by atoms with Gasteiger partial charge in [0.05, 0.1) is 11.0 Å². The Morgan fingerprint density at radius 1 is 0.920 bits per heavy atom. The van der Waals surface area contributed by atoms with E-state index < -0.39 is 0 Å².